The van der Waals surface area contributed by atoms with E-state index in [-0.39, 0.29) is 12.0 Å². The van der Waals surface area contributed by atoms with Crippen molar-refractivity contribution in [2.24, 2.45) is 5.92 Å². The van der Waals surface area contributed by atoms with E-state index in [0.29, 0.717) is 18.9 Å². The van der Waals surface area contributed by atoms with Crippen LogP contribution in [-0.4, -0.2) is 55.7 Å². The lowest BCUT2D eigenvalue weighted by Crippen LogP contribution is -2.43. The molecule has 0 radical (unpaired) electrons. The summed E-state index contributed by atoms with van der Waals surface area (Å²) < 4.78 is 5.38. The molecule has 0 aliphatic carbocycles. The quantitative estimate of drug-likeness (QED) is 0.752. The van der Waals surface area contributed by atoms with Crippen LogP contribution in [0.3, 0.4) is 0 Å². The van der Waals surface area contributed by atoms with Crippen molar-refractivity contribution in [3.63, 3.8) is 0 Å². The highest BCUT2D eigenvalue weighted by Gasteiger charge is 2.26. The molecule has 1 heterocycles. The number of ether oxygens (including phenoxy) is 1. The topological polar surface area (TPSA) is 70.7 Å². The van der Waals surface area contributed by atoms with Crippen LogP contribution in [0.15, 0.2) is 0 Å². The van der Waals surface area contributed by atoms with E-state index in [2.05, 4.69) is 10.6 Å². The van der Waals surface area contributed by atoms with Gasteiger partial charge in [0.25, 0.3) is 0 Å². The third kappa shape index (κ3) is 7.32. The number of amides is 2. The van der Waals surface area contributed by atoms with Crippen LogP contribution in [0.5, 0.6) is 0 Å². The Morgan fingerprint density at radius 2 is 1.86 bits per heavy atom. The Hall–Kier alpha value is -1.30. The van der Waals surface area contributed by atoms with E-state index in [0.717, 1.165) is 32.5 Å². The number of hydrogen-bond donors (Lipinski definition) is 2. The predicted octanol–water partition coefficient (Wildman–Crippen LogP) is 1.36. The molecule has 6 nitrogen and oxygen atoms in total. The molecule has 0 aromatic carbocycles. The molecule has 0 spiro atoms. The van der Waals surface area contributed by atoms with Crippen molar-refractivity contribution in [3.8, 4) is 0 Å². The largest absolute Gasteiger partial charge is 0.444 e. The number of rotatable bonds is 5. The molecule has 0 bridgehead atoms. The van der Waals surface area contributed by atoms with E-state index < -0.39 is 5.60 Å². The van der Waals surface area contributed by atoms with Crippen molar-refractivity contribution >= 4 is 12.0 Å². The van der Waals surface area contributed by atoms with E-state index in [1.807, 2.05) is 20.8 Å². The number of hydrogen-bond acceptors (Lipinski definition) is 4. The third-order valence-corrected chi connectivity index (χ3v) is 3.51. The van der Waals surface area contributed by atoms with Gasteiger partial charge in [0.1, 0.15) is 5.60 Å². The molecule has 0 atom stereocenters. The van der Waals surface area contributed by atoms with Crippen LogP contribution in [-0.2, 0) is 9.53 Å². The van der Waals surface area contributed by atoms with Gasteiger partial charge >= 0.3 is 6.09 Å². The maximum absolute atomic E-state index is 11.9. The van der Waals surface area contributed by atoms with E-state index in [4.69, 9.17) is 4.74 Å². The molecule has 0 aromatic rings. The van der Waals surface area contributed by atoms with Gasteiger partial charge in [-0.05, 0) is 46.1 Å². The molecule has 1 aliphatic rings. The summed E-state index contributed by atoms with van der Waals surface area (Å²) in [5.41, 5.74) is -0.435. The molecule has 0 aromatic heterocycles. The lowest BCUT2D eigenvalue weighted by Gasteiger charge is -2.33. The zero-order chi connectivity index (χ0) is 15.9. The van der Waals surface area contributed by atoms with Crippen molar-refractivity contribution in [1.82, 2.24) is 15.5 Å². The first-order chi connectivity index (χ1) is 9.81. The first kappa shape index (κ1) is 17.8. The van der Waals surface area contributed by atoms with Gasteiger partial charge < -0.3 is 20.3 Å². The summed E-state index contributed by atoms with van der Waals surface area (Å²) in [7, 11) is 1.65. The second kappa shape index (κ2) is 8.22. The molecule has 0 saturated carbocycles. The van der Waals surface area contributed by atoms with Crippen LogP contribution in [0.2, 0.25) is 0 Å². The monoisotopic (exact) mass is 299 g/mol. The SMILES string of the molecule is CNC(=O)CCNCC1CCN(C(=O)OC(C)(C)C)CC1. The van der Waals surface area contributed by atoms with Gasteiger partial charge in [0.15, 0.2) is 0 Å². The smallest absolute Gasteiger partial charge is 0.410 e. The van der Waals surface area contributed by atoms with Gasteiger partial charge in [-0.15, -0.1) is 0 Å². The zero-order valence-electron chi connectivity index (χ0n) is 13.7. The minimum absolute atomic E-state index is 0.0576. The molecule has 1 saturated heterocycles. The summed E-state index contributed by atoms with van der Waals surface area (Å²) in [5, 5.41) is 5.91. The van der Waals surface area contributed by atoms with Crippen molar-refractivity contribution < 1.29 is 14.3 Å². The summed E-state index contributed by atoms with van der Waals surface area (Å²) in [6, 6.07) is 0. The van der Waals surface area contributed by atoms with Crippen molar-refractivity contribution in [2.45, 2.75) is 45.6 Å². The number of carbonyl (C=O) groups excluding carboxylic acids is 2. The van der Waals surface area contributed by atoms with Gasteiger partial charge in [-0.1, -0.05) is 0 Å². The number of nitrogens with zero attached hydrogens (tertiary/aromatic N) is 1. The molecule has 2 amide bonds. The fraction of sp³-hybridized carbons (Fsp3) is 0.867. The third-order valence-electron chi connectivity index (χ3n) is 3.51. The minimum Gasteiger partial charge on any atom is -0.444 e. The van der Waals surface area contributed by atoms with Crippen LogP contribution in [0.1, 0.15) is 40.0 Å². The van der Waals surface area contributed by atoms with Gasteiger partial charge in [0, 0.05) is 33.1 Å². The maximum Gasteiger partial charge on any atom is 0.410 e. The molecule has 0 unspecified atom stereocenters. The molecular formula is C15H29N3O3. The maximum atomic E-state index is 11.9. The summed E-state index contributed by atoms with van der Waals surface area (Å²) in [6.45, 7) is 8.74. The van der Waals surface area contributed by atoms with Crippen molar-refractivity contribution in [3.05, 3.63) is 0 Å². The van der Waals surface area contributed by atoms with Gasteiger partial charge in [-0.3, -0.25) is 4.79 Å². The van der Waals surface area contributed by atoms with E-state index in [1.54, 1.807) is 11.9 Å². The highest BCUT2D eigenvalue weighted by Crippen LogP contribution is 2.19. The summed E-state index contributed by atoms with van der Waals surface area (Å²) >= 11 is 0. The van der Waals surface area contributed by atoms with Crippen molar-refractivity contribution in [1.29, 1.82) is 0 Å². The second-order valence-electron chi connectivity index (χ2n) is 6.54. The highest BCUT2D eigenvalue weighted by atomic mass is 16.6. The minimum atomic E-state index is -0.435. The lowest BCUT2D eigenvalue weighted by molar-refractivity contribution is -0.120. The standard InChI is InChI=1S/C15H29N3O3/c1-15(2,3)21-14(20)18-9-6-12(7-10-18)11-17-8-5-13(19)16-4/h12,17H,5-11H2,1-4H3,(H,16,19). The van der Waals surface area contributed by atoms with Gasteiger partial charge in [0.05, 0.1) is 0 Å². The Bertz CT molecular complexity index is 345. The summed E-state index contributed by atoms with van der Waals surface area (Å²) in [4.78, 5) is 24.8. The molecule has 1 fully saturated rings. The molecule has 1 rings (SSSR count). The van der Waals surface area contributed by atoms with Crippen LogP contribution in [0, 0.1) is 5.92 Å². The Balaban J connectivity index is 2.17. The highest BCUT2D eigenvalue weighted by molar-refractivity contribution is 5.75. The van der Waals surface area contributed by atoms with Gasteiger partial charge in [-0.2, -0.15) is 0 Å². The van der Waals surface area contributed by atoms with Gasteiger partial charge in [0.2, 0.25) is 5.91 Å². The first-order valence-corrected chi connectivity index (χ1v) is 7.71. The Kier molecular flexibility index (Phi) is 6.95. The predicted molar refractivity (Wildman–Crippen MR) is 82.1 cm³/mol. The number of likely N-dealkylation sites (tertiary alicyclic amines) is 1. The molecular weight excluding hydrogens is 270 g/mol. The second-order valence-corrected chi connectivity index (χ2v) is 6.54. The van der Waals surface area contributed by atoms with Crippen LogP contribution >= 0.6 is 0 Å². The van der Waals surface area contributed by atoms with E-state index in [1.165, 1.54) is 0 Å². The molecule has 21 heavy (non-hydrogen) atoms. The average Bonchev–Trinajstić information content (AvgIpc) is 2.42. The Morgan fingerprint density at radius 1 is 1.24 bits per heavy atom. The summed E-state index contributed by atoms with van der Waals surface area (Å²) in [5.74, 6) is 0.621. The molecule has 1 aliphatic heterocycles. The average molecular weight is 299 g/mol. The fourth-order valence-electron chi connectivity index (χ4n) is 2.28. The van der Waals surface area contributed by atoms with Crippen LogP contribution in [0.25, 0.3) is 0 Å². The normalized spacial score (nSPS) is 16.7. The van der Waals surface area contributed by atoms with E-state index in [9.17, 15) is 9.59 Å². The van der Waals surface area contributed by atoms with Gasteiger partial charge in [-0.25, -0.2) is 4.79 Å². The summed E-state index contributed by atoms with van der Waals surface area (Å²) in [6.07, 6.45) is 2.25. The van der Waals surface area contributed by atoms with Crippen LogP contribution < -0.4 is 10.6 Å². The van der Waals surface area contributed by atoms with Crippen molar-refractivity contribution in [2.75, 3.05) is 33.2 Å². The molecule has 6 heteroatoms. The number of carbonyl (C=O) groups is 2. The Morgan fingerprint density at radius 3 is 2.38 bits per heavy atom. The number of nitrogens with one attached hydrogen (secondary N) is 2. The fourth-order valence-corrected chi connectivity index (χ4v) is 2.28. The zero-order valence-corrected chi connectivity index (χ0v) is 13.7. The van der Waals surface area contributed by atoms with Crippen LogP contribution in [0.4, 0.5) is 4.79 Å². The first-order valence-electron chi connectivity index (χ1n) is 7.71. The van der Waals surface area contributed by atoms with E-state index >= 15 is 0 Å². The number of piperidine rings is 1. The molecule has 122 valence electrons. The molecule has 2 N–H and O–H groups in total. The Labute approximate surface area is 127 Å². The lowest BCUT2D eigenvalue weighted by atomic mass is 9.97.